The number of rotatable bonds is 5. The van der Waals surface area contributed by atoms with Gasteiger partial charge in [0.15, 0.2) is 5.82 Å². The summed E-state index contributed by atoms with van der Waals surface area (Å²) in [5.74, 6) is -0.122. The Balaban J connectivity index is 2.04. The number of aryl methyl sites for hydroxylation is 1. The first-order valence-corrected chi connectivity index (χ1v) is 11.7. The number of tetrazole rings is 1. The summed E-state index contributed by atoms with van der Waals surface area (Å²) in [6.45, 7) is 0. The Hall–Kier alpha value is -2.42. The molecule has 34 heavy (non-hydrogen) atoms. The molecule has 1 saturated heterocycles. The highest BCUT2D eigenvalue weighted by Gasteiger charge is 2.27. The molecule has 1 aliphatic rings. The molecule has 11 heteroatoms. The Bertz CT molecular complexity index is 1210. The predicted octanol–water partition coefficient (Wildman–Crippen LogP) is 5.41. The number of aromatic nitrogens is 4. The van der Waals surface area contributed by atoms with Gasteiger partial charge in [0.05, 0.1) is 12.5 Å². The summed E-state index contributed by atoms with van der Waals surface area (Å²) in [5, 5.41) is 23.3. The van der Waals surface area contributed by atoms with Gasteiger partial charge in [-0.25, -0.2) is 4.68 Å². The van der Waals surface area contributed by atoms with E-state index in [0.29, 0.717) is 48.2 Å². The number of nitrogens with zero attached hydrogens (tertiary/aromatic N) is 4. The quantitative estimate of drug-likeness (QED) is 0.344. The minimum absolute atomic E-state index is 0.0457. The van der Waals surface area contributed by atoms with Crippen molar-refractivity contribution in [2.24, 2.45) is 7.05 Å². The van der Waals surface area contributed by atoms with Crippen molar-refractivity contribution in [1.82, 2.24) is 20.2 Å². The summed E-state index contributed by atoms with van der Waals surface area (Å²) >= 11 is 26.5. The Morgan fingerprint density at radius 3 is 2.09 bits per heavy atom. The van der Waals surface area contributed by atoms with Gasteiger partial charge in [0, 0.05) is 55.8 Å². The Labute approximate surface area is 215 Å². The standard InChI is InChI=1S/C23H18Cl4N4O3/c1-31-23(28-29-30-31)14(9-8-13-10-12(32)11-19(33)34-13)20(21-15(24)4-2-5-16(21)25)22-17(26)6-3-7-18(22)27/h2-9,12-13,32H,10-11H2,1H3/t12-,13-/m1/s1. The zero-order valence-corrected chi connectivity index (χ0v) is 20.8. The van der Waals surface area contributed by atoms with Crippen LogP contribution in [0.2, 0.25) is 20.1 Å². The van der Waals surface area contributed by atoms with E-state index in [1.165, 1.54) is 4.68 Å². The van der Waals surface area contributed by atoms with E-state index in [0.717, 1.165) is 0 Å². The average Bonchev–Trinajstić information content (AvgIpc) is 3.18. The molecule has 1 fully saturated rings. The van der Waals surface area contributed by atoms with Crippen LogP contribution in [0.5, 0.6) is 0 Å². The predicted molar refractivity (Wildman–Crippen MR) is 132 cm³/mol. The molecule has 0 aliphatic carbocycles. The van der Waals surface area contributed by atoms with Gasteiger partial charge in [-0.05, 0) is 40.8 Å². The van der Waals surface area contributed by atoms with Crippen molar-refractivity contribution < 1.29 is 14.6 Å². The summed E-state index contributed by atoms with van der Waals surface area (Å²) in [6.07, 6.45) is 2.10. The van der Waals surface area contributed by atoms with Crippen LogP contribution < -0.4 is 0 Å². The molecular weight excluding hydrogens is 522 g/mol. The minimum atomic E-state index is -0.796. The van der Waals surface area contributed by atoms with Crippen LogP contribution in [0, 0.1) is 0 Å². The molecule has 1 N–H and O–H groups in total. The van der Waals surface area contributed by atoms with E-state index in [1.807, 2.05) is 0 Å². The summed E-state index contributed by atoms with van der Waals surface area (Å²) in [7, 11) is 1.67. The summed E-state index contributed by atoms with van der Waals surface area (Å²) in [4.78, 5) is 11.8. The molecule has 2 aromatic carbocycles. The highest BCUT2D eigenvalue weighted by Crippen LogP contribution is 2.44. The maximum Gasteiger partial charge on any atom is 0.309 e. The van der Waals surface area contributed by atoms with Gasteiger partial charge >= 0.3 is 5.97 Å². The number of carbonyl (C=O) groups excluding carboxylic acids is 1. The van der Waals surface area contributed by atoms with Crippen LogP contribution in [0.15, 0.2) is 48.6 Å². The van der Waals surface area contributed by atoms with Gasteiger partial charge in [0.25, 0.3) is 0 Å². The highest BCUT2D eigenvalue weighted by molar-refractivity contribution is 6.42. The lowest BCUT2D eigenvalue weighted by molar-refractivity contribution is -0.156. The molecule has 1 aliphatic heterocycles. The number of hydrogen-bond acceptors (Lipinski definition) is 6. The van der Waals surface area contributed by atoms with E-state index in [4.69, 9.17) is 51.1 Å². The first-order valence-electron chi connectivity index (χ1n) is 10.2. The molecule has 0 saturated carbocycles. The third kappa shape index (κ3) is 5.14. The van der Waals surface area contributed by atoms with E-state index in [2.05, 4.69) is 15.5 Å². The number of hydrogen-bond donors (Lipinski definition) is 1. The largest absolute Gasteiger partial charge is 0.458 e. The van der Waals surface area contributed by atoms with E-state index in [1.54, 1.807) is 55.6 Å². The first kappa shape index (κ1) is 24.7. The van der Waals surface area contributed by atoms with Gasteiger partial charge in [-0.2, -0.15) is 0 Å². The molecule has 0 radical (unpaired) electrons. The average molecular weight is 540 g/mol. The lowest BCUT2D eigenvalue weighted by Crippen LogP contribution is -2.31. The van der Waals surface area contributed by atoms with Crippen molar-refractivity contribution in [2.75, 3.05) is 0 Å². The van der Waals surface area contributed by atoms with Crippen LogP contribution in [0.3, 0.4) is 0 Å². The number of esters is 1. The zero-order valence-electron chi connectivity index (χ0n) is 17.8. The van der Waals surface area contributed by atoms with Gasteiger partial charge in [0.1, 0.15) is 6.10 Å². The highest BCUT2D eigenvalue weighted by atomic mass is 35.5. The number of cyclic esters (lactones) is 1. The smallest absolute Gasteiger partial charge is 0.309 e. The number of allylic oxidation sites excluding steroid dienone is 2. The maximum absolute atomic E-state index is 11.8. The van der Waals surface area contributed by atoms with Crippen molar-refractivity contribution >= 4 is 63.5 Å². The number of ether oxygens (including phenoxy) is 1. The first-order chi connectivity index (χ1) is 16.3. The molecule has 1 aromatic heterocycles. The summed E-state index contributed by atoms with van der Waals surface area (Å²) in [5.41, 5.74) is 1.92. The Morgan fingerprint density at radius 1 is 1.06 bits per heavy atom. The molecule has 2 atom stereocenters. The third-order valence-corrected chi connectivity index (χ3v) is 6.48. The molecule has 0 bridgehead atoms. The van der Waals surface area contributed by atoms with E-state index >= 15 is 0 Å². The van der Waals surface area contributed by atoms with Crippen molar-refractivity contribution in [3.63, 3.8) is 0 Å². The second kappa shape index (κ2) is 10.5. The molecule has 176 valence electrons. The zero-order chi connectivity index (χ0) is 24.4. The van der Waals surface area contributed by atoms with Crippen LogP contribution in [-0.4, -0.2) is 43.5 Å². The number of carbonyl (C=O) groups is 1. The third-order valence-electron chi connectivity index (χ3n) is 5.22. The van der Waals surface area contributed by atoms with Gasteiger partial charge in [0.2, 0.25) is 0 Å². The van der Waals surface area contributed by atoms with Crippen LogP contribution in [0.1, 0.15) is 29.8 Å². The molecule has 2 heterocycles. The van der Waals surface area contributed by atoms with Crippen molar-refractivity contribution in [2.45, 2.75) is 25.0 Å². The minimum Gasteiger partial charge on any atom is -0.458 e. The molecular formula is C23H18Cl4N4O3. The van der Waals surface area contributed by atoms with E-state index in [-0.39, 0.29) is 12.8 Å². The van der Waals surface area contributed by atoms with E-state index in [9.17, 15) is 9.90 Å². The van der Waals surface area contributed by atoms with Crippen LogP contribution in [0.4, 0.5) is 0 Å². The second-order valence-corrected chi connectivity index (χ2v) is 9.22. The van der Waals surface area contributed by atoms with Crippen molar-refractivity contribution in [1.29, 1.82) is 0 Å². The second-order valence-electron chi connectivity index (χ2n) is 7.59. The molecule has 7 nitrogen and oxygen atoms in total. The lowest BCUT2D eigenvalue weighted by atomic mass is 9.91. The van der Waals surface area contributed by atoms with Crippen LogP contribution in [0.25, 0.3) is 11.1 Å². The number of halogens is 4. The molecule has 0 unspecified atom stereocenters. The molecule has 0 spiro atoms. The fourth-order valence-electron chi connectivity index (χ4n) is 3.73. The Kier molecular flexibility index (Phi) is 7.60. The summed E-state index contributed by atoms with van der Waals surface area (Å²) in [6, 6.07) is 10.2. The van der Waals surface area contributed by atoms with Crippen LogP contribution >= 0.6 is 46.4 Å². The monoisotopic (exact) mass is 538 g/mol. The van der Waals surface area contributed by atoms with Gasteiger partial charge in [-0.15, -0.1) is 5.10 Å². The normalized spacial score (nSPS) is 18.2. The Morgan fingerprint density at radius 2 is 1.62 bits per heavy atom. The fourth-order valence-corrected chi connectivity index (χ4v) is 4.90. The van der Waals surface area contributed by atoms with Gasteiger partial charge in [-0.1, -0.05) is 64.6 Å². The molecule has 0 amide bonds. The summed E-state index contributed by atoms with van der Waals surface area (Å²) < 4.78 is 6.84. The van der Waals surface area contributed by atoms with Crippen molar-refractivity contribution in [3.8, 4) is 0 Å². The van der Waals surface area contributed by atoms with Crippen molar-refractivity contribution in [3.05, 3.63) is 85.6 Å². The molecule has 3 aromatic rings. The number of aliphatic hydroxyl groups excluding tert-OH is 1. The number of aliphatic hydroxyl groups is 1. The SMILES string of the molecule is Cn1nnnc1C(C=C[C@@H]1C[C@@H](O)CC(=O)O1)=C(c1c(Cl)cccc1Cl)c1c(Cl)cccc1Cl. The van der Waals surface area contributed by atoms with Gasteiger partial charge in [-0.3, -0.25) is 4.79 Å². The fraction of sp³-hybridized carbons (Fsp3) is 0.217. The lowest BCUT2D eigenvalue weighted by Gasteiger charge is -2.24. The molecule has 4 rings (SSSR count). The topological polar surface area (TPSA) is 90.1 Å². The maximum atomic E-state index is 11.8. The van der Waals surface area contributed by atoms with Gasteiger partial charge < -0.3 is 9.84 Å². The number of benzene rings is 2. The van der Waals surface area contributed by atoms with E-state index < -0.39 is 18.2 Å². The van der Waals surface area contributed by atoms with Crippen LogP contribution in [-0.2, 0) is 16.6 Å².